The highest BCUT2D eigenvalue weighted by Crippen LogP contribution is 2.73. The van der Waals surface area contributed by atoms with E-state index in [0.717, 1.165) is 172 Å². The summed E-state index contributed by atoms with van der Waals surface area (Å²) in [6.45, 7) is 41.5. The van der Waals surface area contributed by atoms with Crippen LogP contribution in [-0.4, -0.2) is 57.9 Å². The van der Waals surface area contributed by atoms with Crippen LogP contribution in [0, 0.1) is 145 Å². The third-order valence-electron chi connectivity index (χ3n) is 33.9. The molecule has 10 nitrogen and oxygen atoms in total. The Morgan fingerprint density at radius 1 is 0.282 bits per heavy atom. The molecule has 0 saturated heterocycles. The quantitative estimate of drug-likeness (QED) is 0.0836. The lowest BCUT2D eigenvalue weighted by atomic mass is 9.63. The van der Waals surface area contributed by atoms with Crippen molar-refractivity contribution in [2.75, 3.05) is 0 Å². The van der Waals surface area contributed by atoms with Crippen molar-refractivity contribution in [3.05, 3.63) is 0 Å². The van der Waals surface area contributed by atoms with Crippen LogP contribution >= 0.6 is 0 Å². The summed E-state index contributed by atoms with van der Waals surface area (Å²) in [6, 6.07) is 0. The molecule has 0 aromatic rings. The molecule has 0 radical (unpaired) electrons. The van der Waals surface area contributed by atoms with Gasteiger partial charge in [0.2, 0.25) is 0 Å². The van der Waals surface area contributed by atoms with Gasteiger partial charge in [-0.3, -0.25) is 24.0 Å². The fourth-order valence-corrected chi connectivity index (χ4v) is 25.8. The average molecular weight is 1550 g/mol. The van der Waals surface area contributed by atoms with Crippen molar-refractivity contribution in [3.63, 3.8) is 0 Å². The SMILES string of the molecule is C.C.C.C.C.C.C.C.C.C.CCC(C)(C)C(=O)OC1(C)CC2CC1C1C3CCC(C3)C21.CCC(C)(C)C(=O)OC1(C)CC2CC1C1CCCC21.CCC(C)(C)C(=O)OC1(C)CCC2CCCCC2C1.CCC(C)(C)C(=O)OC1(C)CCCC2CCCCC21.CCC(C)(C)C(=O)OC1(CC)CC2CC1C1C3CCC(C3)C21. The number of carbonyl (C=O) groups is 5. The lowest BCUT2D eigenvalue weighted by Gasteiger charge is -2.48. The molecule has 15 aliphatic carbocycles. The normalized spacial score (nSPS) is 39.3. The van der Waals surface area contributed by atoms with Gasteiger partial charge in [-0.2, -0.15) is 0 Å². The summed E-state index contributed by atoms with van der Waals surface area (Å²) in [6.07, 6.45) is 43.5. The molecule has 0 N–H and O–H groups in total. The number of ether oxygens (including phenoxy) is 5. The Morgan fingerprint density at radius 3 is 1.13 bits per heavy atom. The van der Waals surface area contributed by atoms with Gasteiger partial charge in [0.25, 0.3) is 0 Å². The minimum absolute atomic E-state index is 0. The molecule has 0 aliphatic heterocycles. The Hall–Kier alpha value is -2.65. The van der Waals surface area contributed by atoms with E-state index in [1.807, 2.05) is 69.2 Å². The highest BCUT2D eigenvalue weighted by Gasteiger charge is 2.70. The van der Waals surface area contributed by atoms with E-state index >= 15 is 0 Å². The summed E-state index contributed by atoms with van der Waals surface area (Å²) in [5.74, 6) is 17.1. The molecular formula is C100H190O10. The molecule has 10 bridgehead atoms. The molecule has 650 valence electrons. The van der Waals surface area contributed by atoms with E-state index in [1.165, 1.54) is 148 Å². The monoisotopic (exact) mass is 1550 g/mol. The fraction of sp³-hybridized carbons (Fsp3) is 0.950. The first kappa shape index (κ1) is 105. The molecule has 15 aliphatic rings. The zero-order valence-electron chi connectivity index (χ0n) is 67.9. The van der Waals surface area contributed by atoms with E-state index in [9.17, 15) is 24.0 Å². The van der Waals surface area contributed by atoms with Crippen molar-refractivity contribution in [2.45, 2.75) is 465 Å². The molecule has 0 spiro atoms. The van der Waals surface area contributed by atoms with Crippen LogP contribution in [0.25, 0.3) is 0 Å². The molecule has 0 aromatic carbocycles. The second-order valence-corrected chi connectivity index (χ2v) is 41.7. The zero-order valence-corrected chi connectivity index (χ0v) is 67.9. The van der Waals surface area contributed by atoms with Crippen molar-refractivity contribution in [1.29, 1.82) is 0 Å². The van der Waals surface area contributed by atoms with Crippen molar-refractivity contribution < 1.29 is 47.7 Å². The predicted molar refractivity (Wildman–Crippen MR) is 468 cm³/mol. The van der Waals surface area contributed by atoms with Crippen LogP contribution in [0.5, 0.6) is 0 Å². The van der Waals surface area contributed by atoms with Crippen LogP contribution in [0.15, 0.2) is 0 Å². The summed E-state index contributed by atoms with van der Waals surface area (Å²) in [5, 5.41) is 0. The predicted octanol–water partition coefficient (Wildman–Crippen LogP) is 29.2. The molecular weight excluding hydrogens is 1360 g/mol. The van der Waals surface area contributed by atoms with Crippen LogP contribution in [0.4, 0.5) is 0 Å². The first-order valence-corrected chi connectivity index (χ1v) is 43.1. The second-order valence-electron chi connectivity index (χ2n) is 41.7. The van der Waals surface area contributed by atoms with Gasteiger partial charge in [-0.05, 0) is 365 Å². The number of rotatable bonds is 16. The molecule has 0 amide bonds. The molecule has 15 saturated carbocycles. The van der Waals surface area contributed by atoms with Crippen LogP contribution in [-0.2, 0) is 47.7 Å². The lowest BCUT2D eigenvalue weighted by molar-refractivity contribution is -0.185. The van der Waals surface area contributed by atoms with Gasteiger partial charge >= 0.3 is 29.8 Å². The summed E-state index contributed by atoms with van der Waals surface area (Å²) >= 11 is 0. The number of esters is 5. The topological polar surface area (TPSA) is 132 Å². The van der Waals surface area contributed by atoms with Crippen LogP contribution in [0.1, 0.15) is 437 Å². The smallest absolute Gasteiger partial charge is 0.312 e. The third kappa shape index (κ3) is 20.4. The third-order valence-corrected chi connectivity index (χ3v) is 33.9. The summed E-state index contributed by atoms with van der Waals surface area (Å²) in [7, 11) is 0. The van der Waals surface area contributed by atoms with Gasteiger partial charge < -0.3 is 23.7 Å². The highest BCUT2D eigenvalue weighted by molar-refractivity contribution is 5.78. The number of hydrogen-bond donors (Lipinski definition) is 0. The van der Waals surface area contributed by atoms with E-state index in [2.05, 4.69) is 69.2 Å². The van der Waals surface area contributed by atoms with Crippen molar-refractivity contribution in [1.82, 2.24) is 0 Å². The van der Waals surface area contributed by atoms with Gasteiger partial charge in [0, 0.05) is 23.7 Å². The van der Waals surface area contributed by atoms with E-state index in [-0.39, 0.29) is 159 Å². The van der Waals surface area contributed by atoms with Gasteiger partial charge in [-0.25, -0.2) is 0 Å². The van der Waals surface area contributed by atoms with E-state index in [4.69, 9.17) is 23.7 Å². The average Bonchev–Trinajstić information content (AvgIpc) is 1.56. The van der Waals surface area contributed by atoms with Gasteiger partial charge in [0.1, 0.15) is 28.0 Å². The zero-order chi connectivity index (χ0) is 72.7. The van der Waals surface area contributed by atoms with Crippen molar-refractivity contribution in [3.8, 4) is 0 Å². The molecule has 25 unspecified atom stereocenters. The number of hydrogen-bond acceptors (Lipinski definition) is 10. The molecule has 15 fully saturated rings. The lowest BCUT2D eigenvalue weighted by Crippen LogP contribution is -2.49. The Balaban J connectivity index is 0.000000673. The Morgan fingerprint density at radius 2 is 0.645 bits per heavy atom. The Bertz CT molecular complexity index is 2880. The number of fused-ring (bicyclic) bond motifs is 25. The second kappa shape index (κ2) is 39.7. The first-order chi connectivity index (χ1) is 46.9. The molecule has 25 atom stereocenters. The summed E-state index contributed by atoms with van der Waals surface area (Å²) in [4.78, 5) is 62.4. The highest BCUT2D eigenvalue weighted by atomic mass is 16.6. The van der Waals surface area contributed by atoms with Gasteiger partial charge in [-0.1, -0.05) is 167 Å². The summed E-state index contributed by atoms with van der Waals surface area (Å²) < 4.78 is 30.5. The fourth-order valence-electron chi connectivity index (χ4n) is 25.8. The van der Waals surface area contributed by atoms with Crippen LogP contribution < -0.4 is 0 Å². The van der Waals surface area contributed by atoms with E-state index < -0.39 is 0 Å². The maximum Gasteiger partial charge on any atom is 0.312 e. The van der Waals surface area contributed by atoms with Gasteiger partial charge in [-0.15, -0.1) is 0 Å². The minimum Gasteiger partial charge on any atom is -0.459 e. The first-order valence-electron chi connectivity index (χ1n) is 43.1. The van der Waals surface area contributed by atoms with E-state index in [1.54, 1.807) is 0 Å². The molecule has 0 aromatic heterocycles. The van der Waals surface area contributed by atoms with Gasteiger partial charge in [0.05, 0.1) is 27.1 Å². The van der Waals surface area contributed by atoms with E-state index in [0.29, 0.717) is 23.7 Å². The molecule has 110 heavy (non-hydrogen) atoms. The molecule has 10 heteroatoms. The number of carbonyl (C=O) groups excluding carboxylic acids is 5. The molecule has 15 rings (SSSR count). The Kier molecular flexibility index (Phi) is 38.1. The maximum absolute atomic E-state index is 12.7. The molecule has 0 heterocycles. The van der Waals surface area contributed by atoms with Crippen LogP contribution in [0.3, 0.4) is 0 Å². The van der Waals surface area contributed by atoms with Crippen LogP contribution in [0.2, 0.25) is 0 Å². The summed E-state index contributed by atoms with van der Waals surface area (Å²) in [5.41, 5.74) is -2.55. The Labute approximate surface area is 684 Å². The standard InChI is InChI=1S/C20H32O2.C19H30O2.C17H28O2.2C17H30O2.10CH4/c1-5-19(3,4)18(21)22-20(6-2)11-14-10-15(20)17-13-8-7-12(9-13)16(14)17;1-5-18(2,3)17(20)21-19(4)10-13-9-14(19)16-12-7-6-11(8-12)15(13)16;1-5-16(2,3)15(18)19-17(4)10-11-9-14(17)13-8-6-7-12(11)13;1-5-16(2,3)15(18)19-17(4)12-8-10-13-9-6-7-11-14(13)17;1-5-16(2,3)15(18)19-17(4)11-10-13-8-6-7-9-14(13)12-17;;;;;;;;;;/h12-17H,5-11H2,1-4H3;11-16H,5-10H2,1-4H3;11-14H,5-10H2,1-4H3;2*13-14H,5-12H2,1-4H3;10*1H4. The minimum atomic E-state index is -0.343. The maximum atomic E-state index is 12.7. The largest absolute Gasteiger partial charge is 0.459 e. The van der Waals surface area contributed by atoms with Crippen molar-refractivity contribution in [2.24, 2.45) is 145 Å². The van der Waals surface area contributed by atoms with Crippen molar-refractivity contribution >= 4 is 29.8 Å². The van der Waals surface area contributed by atoms with Gasteiger partial charge in [0.15, 0.2) is 0 Å².